The molecule has 0 amide bonds. The maximum absolute atomic E-state index is 12.4. The Bertz CT molecular complexity index is 853. The van der Waals surface area contributed by atoms with E-state index in [0.29, 0.717) is 11.6 Å². The SMILES string of the molecule is Cn1nc(CC(=O)C2=CC=NC2)c2c(Cl)ccc(C(C)(C)C)c21. The first-order chi connectivity index (χ1) is 10.8. The van der Waals surface area contributed by atoms with Gasteiger partial charge in [-0.15, -0.1) is 0 Å². The van der Waals surface area contributed by atoms with Gasteiger partial charge in [-0.25, -0.2) is 0 Å². The van der Waals surface area contributed by atoms with Crippen LogP contribution in [-0.2, 0) is 23.7 Å². The van der Waals surface area contributed by atoms with Crippen LogP contribution in [0.1, 0.15) is 32.0 Å². The molecular formula is C18H20ClN3O. The van der Waals surface area contributed by atoms with Gasteiger partial charge < -0.3 is 0 Å². The minimum absolute atomic E-state index is 0.0280. The molecule has 2 aromatic rings. The van der Waals surface area contributed by atoms with Crippen LogP contribution in [0.4, 0.5) is 0 Å². The van der Waals surface area contributed by atoms with E-state index >= 15 is 0 Å². The molecule has 0 unspecified atom stereocenters. The van der Waals surface area contributed by atoms with Gasteiger partial charge in [0, 0.05) is 24.2 Å². The Morgan fingerprint density at radius 3 is 2.70 bits per heavy atom. The van der Waals surface area contributed by atoms with Gasteiger partial charge in [0.25, 0.3) is 0 Å². The summed E-state index contributed by atoms with van der Waals surface area (Å²) in [6, 6.07) is 3.95. The Morgan fingerprint density at radius 2 is 2.09 bits per heavy atom. The zero-order valence-electron chi connectivity index (χ0n) is 13.9. The van der Waals surface area contributed by atoms with Crippen LogP contribution in [0.3, 0.4) is 0 Å². The second-order valence-corrected chi connectivity index (χ2v) is 7.33. The van der Waals surface area contributed by atoms with E-state index in [9.17, 15) is 4.79 Å². The molecule has 0 N–H and O–H groups in total. The topological polar surface area (TPSA) is 47.2 Å². The highest BCUT2D eigenvalue weighted by molar-refractivity contribution is 6.36. The van der Waals surface area contributed by atoms with Gasteiger partial charge in [-0.05, 0) is 23.1 Å². The fourth-order valence-corrected chi connectivity index (χ4v) is 3.24. The van der Waals surface area contributed by atoms with Gasteiger partial charge in [0.15, 0.2) is 5.78 Å². The first kappa shape index (κ1) is 15.9. The van der Waals surface area contributed by atoms with E-state index < -0.39 is 0 Å². The second kappa shape index (κ2) is 5.60. The Hall–Kier alpha value is -1.94. The largest absolute Gasteiger partial charge is 0.294 e. The summed E-state index contributed by atoms with van der Waals surface area (Å²) in [5, 5.41) is 6.10. The molecule has 0 atom stereocenters. The van der Waals surface area contributed by atoms with Crippen LogP contribution in [0, 0.1) is 0 Å². The molecule has 1 aliphatic heterocycles. The molecule has 0 saturated carbocycles. The molecule has 0 aliphatic carbocycles. The highest BCUT2D eigenvalue weighted by atomic mass is 35.5. The highest BCUT2D eigenvalue weighted by Gasteiger charge is 2.24. The molecule has 120 valence electrons. The zero-order chi connectivity index (χ0) is 16.8. The molecule has 0 spiro atoms. The van der Waals surface area contributed by atoms with Crippen molar-refractivity contribution >= 4 is 34.5 Å². The number of benzene rings is 1. The van der Waals surface area contributed by atoms with Crippen molar-refractivity contribution in [2.75, 3.05) is 6.54 Å². The van der Waals surface area contributed by atoms with Crippen molar-refractivity contribution < 1.29 is 4.79 Å². The number of carbonyl (C=O) groups excluding carboxylic acids is 1. The summed E-state index contributed by atoms with van der Waals surface area (Å²) in [6.45, 7) is 6.95. The monoisotopic (exact) mass is 329 g/mol. The molecule has 0 saturated heterocycles. The molecule has 2 heterocycles. The van der Waals surface area contributed by atoms with Crippen molar-refractivity contribution in [3.8, 4) is 0 Å². The first-order valence-electron chi connectivity index (χ1n) is 7.66. The van der Waals surface area contributed by atoms with E-state index in [4.69, 9.17) is 11.6 Å². The van der Waals surface area contributed by atoms with Crippen LogP contribution in [0.2, 0.25) is 5.02 Å². The van der Waals surface area contributed by atoms with Crippen LogP contribution in [0.25, 0.3) is 10.9 Å². The van der Waals surface area contributed by atoms with E-state index in [0.717, 1.165) is 22.2 Å². The Balaban J connectivity index is 2.10. The first-order valence-corrected chi connectivity index (χ1v) is 8.03. The van der Waals surface area contributed by atoms with Crippen molar-refractivity contribution in [2.45, 2.75) is 32.6 Å². The molecule has 0 bridgehead atoms. The summed E-state index contributed by atoms with van der Waals surface area (Å²) >= 11 is 6.44. The Labute approximate surface area is 140 Å². The number of Topliss-reactive ketones (excluding diaryl/α,β-unsaturated/α-hetero) is 1. The standard InChI is InChI=1S/C18H20ClN3O/c1-18(2,3)12-5-6-13(19)16-14(21-22(4)17(12)16)9-15(23)11-7-8-20-10-11/h5-8H,9-10H2,1-4H3. The molecule has 3 rings (SSSR count). The number of ketones is 1. The third kappa shape index (κ3) is 2.83. The lowest BCUT2D eigenvalue weighted by atomic mass is 9.85. The summed E-state index contributed by atoms with van der Waals surface area (Å²) in [6.07, 6.45) is 3.70. The second-order valence-electron chi connectivity index (χ2n) is 6.92. The normalized spacial score (nSPS) is 14.6. The Morgan fingerprint density at radius 1 is 1.35 bits per heavy atom. The number of allylic oxidation sites excluding steroid dienone is 1. The summed E-state index contributed by atoms with van der Waals surface area (Å²) in [4.78, 5) is 16.5. The van der Waals surface area contributed by atoms with Gasteiger partial charge in [-0.3, -0.25) is 14.5 Å². The lowest BCUT2D eigenvalue weighted by Gasteiger charge is -2.21. The predicted molar refractivity (Wildman–Crippen MR) is 94.6 cm³/mol. The number of nitrogens with zero attached hydrogens (tertiary/aromatic N) is 3. The van der Waals surface area contributed by atoms with Gasteiger partial charge in [-0.2, -0.15) is 5.10 Å². The van der Waals surface area contributed by atoms with E-state index in [1.54, 1.807) is 12.3 Å². The molecule has 0 radical (unpaired) electrons. The number of hydrogen-bond donors (Lipinski definition) is 0. The number of carbonyl (C=O) groups is 1. The van der Waals surface area contributed by atoms with Crippen LogP contribution in [0.15, 0.2) is 28.8 Å². The number of fused-ring (bicyclic) bond motifs is 1. The van der Waals surface area contributed by atoms with Crippen molar-refractivity contribution in [1.82, 2.24) is 9.78 Å². The molecule has 1 aromatic carbocycles. The minimum Gasteiger partial charge on any atom is -0.294 e. The maximum atomic E-state index is 12.4. The van der Waals surface area contributed by atoms with Crippen LogP contribution in [-0.4, -0.2) is 28.3 Å². The van der Waals surface area contributed by atoms with Crippen molar-refractivity contribution in [3.63, 3.8) is 0 Å². The molecule has 0 fully saturated rings. The number of halogens is 1. The van der Waals surface area contributed by atoms with E-state index in [1.165, 1.54) is 5.56 Å². The average Bonchev–Trinajstić information content (AvgIpc) is 3.07. The quantitative estimate of drug-likeness (QED) is 0.863. The predicted octanol–water partition coefficient (Wildman–Crippen LogP) is 3.65. The fraction of sp³-hybridized carbons (Fsp3) is 0.389. The van der Waals surface area contributed by atoms with Crippen LogP contribution < -0.4 is 0 Å². The van der Waals surface area contributed by atoms with Crippen molar-refractivity contribution in [2.24, 2.45) is 12.0 Å². The van der Waals surface area contributed by atoms with E-state index in [-0.39, 0.29) is 17.6 Å². The van der Waals surface area contributed by atoms with Gasteiger partial charge in [0.1, 0.15) is 0 Å². The summed E-state index contributed by atoms with van der Waals surface area (Å²) in [7, 11) is 1.90. The molecular weight excluding hydrogens is 310 g/mol. The van der Waals surface area contributed by atoms with Gasteiger partial charge in [-0.1, -0.05) is 38.4 Å². The molecule has 1 aliphatic rings. The third-order valence-electron chi connectivity index (χ3n) is 4.15. The third-order valence-corrected chi connectivity index (χ3v) is 4.46. The van der Waals surface area contributed by atoms with Crippen molar-refractivity contribution in [1.29, 1.82) is 0 Å². The lowest BCUT2D eigenvalue weighted by molar-refractivity contribution is -0.115. The average molecular weight is 330 g/mol. The number of rotatable bonds is 3. The minimum atomic E-state index is -0.0280. The number of aliphatic imine (C=N–C) groups is 1. The molecule has 1 aromatic heterocycles. The summed E-state index contributed by atoms with van der Waals surface area (Å²) < 4.78 is 1.84. The lowest BCUT2D eigenvalue weighted by Crippen LogP contribution is -2.13. The fourth-order valence-electron chi connectivity index (χ4n) is 2.98. The Kier molecular flexibility index (Phi) is 3.88. The van der Waals surface area contributed by atoms with E-state index in [1.807, 2.05) is 23.9 Å². The number of aryl methyl sites for hydroxylation is 1. The summed E-state index contributed by atoms with van der Waals surface area (Å²) in [5.74, 6) is 0.0553. The summed E-state index contributed by atoms with van der Waals surface area (Å²) in [5.41, 5.74) is 3.61. The highest BCUT2D eigenvalue weighted by Crippen LogP contribution is 2.35. The van der Waals surface area contributed by atoms with Crippen LogP contribution in [0.5, 0.6) is 0 Å². The smallest absolute Gasteiger partial charge is 0.166 e. The number of aromatic nitrogens is 2. The van der Waals surface area contributed by atoms with E-state index in [2.05, 4.69) is 30.9 Å². The molecule has 4 nitrogen and oxygen atoms in total. The van der Waals surface area contributed by atoms with Crippen molar-refractivity contribution in [3.05, 3.63) is 40.1 Å². The van der Waals surface area contributed by atoms with Crippen LogP contribution >= 0.6 is 11.6 Å². The number of hydrogen-bond acceptors (Lipinski definition) is 3. The van der Waals surface area contributed by atoms with Gasteiger partial charge in [0.2, 0.25) is 0 Å². The molecule has 5 heteroatoms. The molecule has 23 heavy (non-hydrogen) atoms. The maximum Gasteiger partial charge on any atom is 0.166 e. The van der Waals surface area contributed by atoms with Gasteiger partial charge >= 0.3 is 0 Å². The zero-order valence-corrected chi connectivity index (χ0v) is 14.6. The van der Waals surface area contributed by atoms with Gasteiger partial charge in [0.05, 0.1) is 29.2 Å².